The predicted octanol–water partition coefficient (Wildman–Crippen LogP) is 5.56. The van der Waals surface area contributed by atoms with Crippen molar-refractivity contribution < 1.29 is 27.4 Å². The van der Waals surface area contributed by atoms with Crippen LogP contribution in [0.25, 0.3) is 0 Å². The monoisotopic (exact) mass is 472 g/mol. The quantitative estimate of drug-likeness (QED) is 0.471. The molecule has 0 amide bonds. The topological polar surface area (TPSA) is 45.5 Å². The summed E-state index contributed by atoms with van der Waals surface area (Å²) in [5.41, 5.74) is -0.204. The van der Waals surface area contributed by atoms with Crippen LogP contribution in [0.2, 0.25) is 10.0 Å². The van der Waals surface area contributed by atoms with Crippen molar-refractivity contribution in [2.24, 2.45) is 0 Å². The van der Waals surface area contributed by atoms with E-state index in [-0.39, 0.29) is 25.5 Å². The molecule has 2 atom stereocenters. The summed E-state index contributed by atoms with van der Waals surface area (Å²) in [5.74, 6) is -1.14. The number of alkyl halides is 3. The van der Waals surface area contributed by atoms with Gasteiger partial charge in [-0.25, -0.2) is 4.98 Å². The molecule has 5 nitrogen and oxygen atoms in total. The number of ether oxygens (including phenoxy) is 3. The number of rotatable bonds is 6. The zero-order valence-corrected chi connectivity index (χ0v) is 17.5. The molecule has 0 spiro atoms. The molecule has 0 bridgehead atoms. The fraction of sp³-hybridized carbons (Fsp3) is 0.286. The molecule has 0 unspecified atom stereocenters. The Morgan fingerprint density at radius 1 is 1.19 bits per heavy atom. The van der Waals surface area contributed by atoms with Gasteiger partial charge in [0.1, 0.15) is 18.5 Å². The van der Waals surface area contributed by atoms with Crippen LogP contribution in [-0.2, 0) is 28.0 Å². The Balaban J connectivity index is 1.52. The Labute approximate surface area is 186 Å². The molecule has 164 valence electrons. The van der Waals surface area contributed by atoms with Gasteiger partial charge in [0.05, 0.1) is 30.1 Å². The van der Waals surface area contributed by atoms with Gasteiger partial charge < -0.3 is 18.8 Å². The number of halogens is 5. The van der Waals surface area contributed by atoms with Gasteiger partial charge in [-0.05, 0) is 30.3 Å². The van der Waals surface area contributed by atoms with E-state index >= 15 is 0 Å². The van der Waals surface area contributed by atoms with E-state index < -0.39 is 23.6 Å². The minimum atomic E-state index is -4.45. The summed E-state index contributed by atoms with van der Waals surface area (Å²) in [6.07, 6.45) is 0.0119. The number of hydrogen-bond acceptors (Lipinski definition) is 4. The maximum Gasteiger partial charge on any atom is 0.416 e. The molecule has 1 fully saturated rings. The minimum absolute atomic E-state index is 0.00179. The number of hydrogen-bond donors (Lipinski definition) is 0. The Morgan fingerprint density at radius 2 is 2.03 bits per heavy atom. The summed E-state index contributed by atoms with van der Waals surface area (Å²) in [4.78, 5) is 4.03. The molecule has 1 saturated heterocycles. The molecule has 1 aliphatic rings. The summed E-state index contributed by atoms with van der Waals surface area (Å²) in [5, 5.41) is 0.834. The van der Waals surface area contributed by atoms with Gasteiger partial charge in [0.25, 0.3) is 0 Å². The molecule has 0 N–H and O–H groups in total. The average Bonchev–Trinajstić information content (AvgIpc) is 3.37. The number of aromatic nitrogens is 2. The third kappa shape index (κ3) is 4.98. The van der Waals surface area contributed by atoms with E-state index in [2.05, 4.69) is 4.98 Å². The van der Waals surface area contributed by atoms with Gasteiger partial charge in [-0.15, -0.1) is 0 Å². The minimum Gasteiger partial charge on any atom is -0.491 e. The van der Waals surface area contributed by atoms with Gasteiger partial charge in [0, 0.05) is 23.0 Å². The Hall–Kier alpha value is -2.26. The highest BCUT2D eigenvalue weighted by atomic mass is 35.5. The first-order valence-electron chi connectivity index (χ1n) is 9.28. The van der Waals surface area contributed by atoms with E-state index in [0.29, 0.717) is 15.6 Å². The molecule has 1 aliphatic heterocycles. The largest absolute Gasteiger partial charge is 0.491 e. The first kappa shape index (κ1) is 22.0. The van der Waals surface area contributed by atoms with Crippen molar-refractivity contribution in [2.75, 3.05) is 13.2 Å². The number of imidazole rings is 1. The Kier molecular flexibility index (Phi) is 6.16. The van der Waals surface area contributed by atoms with Crippen LogP contribution in [-0.4, -0.2) is 28.9 Å². The van der Waals surface area contributed by atoms with Crippen LogP contribution in [0.3, 0.4) is 0 Å². The molecule has 10 heteroatoms. The molecule has 0 saturated carbocycles. The normalized spacial score (nSPS) is 21.4. The van der Waals surface area contributed by atoms with Gasteiger partial charge in [-0.1, -0.05) is 35.3 Å². The highest BCUT2D eigenvalue weighted by molar-refractivity contribution is 6.35. The van der Waals surface area contributed by atoms with E-state index in [0.717, 1.165) is 12.1 Å². The highest BCUT2D eigenvalue weighted by Crippen LogP contribution is 2.40. The van der Waals surface area contributed by atoms with Gasteiger partial charge in [0.15, 0.2) is 0 Å². The maximum atomic E-state index is 12.9. The van der Waals surface area contributed by atoms with E-state index in [4.69, 9.17) is 37.4 Å². The molecule has 0 aliphatic carbocycles. The second kappa shape index (κ2) is 8.70. The third-order valence-electron chi connectivity index (χ3n) is 4.75. The van der Waals surface area contributed by atoms with Crippen LogP contribution in [0.4, 0.5) is 13.2 Å². The predicted molar refractivity (Wildman–Crippen MR) is 108 cm³/mol. The van der Waals surface area contributed by atoms with Crippen molar-refractivity contribution in [1.82, 2.24) is 9.55 Å². The zero-order valence-electron chi connectivity index (χ0n) is 16.0. The van der Waals surface area contributed by atoms with E-state index in [1.165, 1.54) is 12.1 Å². The lowest BCUT2D eigenvalue weighted by Gasteiger charge is -2.30. The van der Waals surface area contributed by atoms with Crippen LogP contribution in [0, 0.1) is 0 Å². The van der Waals surface area contributed by atoms with Crippen LogP contribution >= 0.6 is 23.2 Å². The van der Waals surface area contributed by atoms with Crippen molar-refractivity contribution >= 4 is 23.2 Å². The fourth-order valence-electron chi connectivity index (χ4n) is 3.33. The molecular formula is C21H17Cl2F3N2O3. The highest BCUT2D eigenvalue weighted by Gasteiger charge is 2.45. The zero-order chi connectivity index (χ0) is 22.1. The lowest BCUT2D eigenvalue weighted by atomic mass is 10.1. The van der Waals surface area contributed by atoms with Gasteiger partial charge in [0.2, 0.25) is 5.79 Å². The molecule has 2 aromatic carbocycles. The molecular weight excluding hydrogens is 456 g/mol. The second-order valence-corrected chi connectivity index (χ2v) is 7.84. The van der Waals surface area contributed by atoms with Crippen LogP contribution in [0.1, 0.15) is 11.1 Å². The van der Waals surface area contributed by atoms with Gasteiger partial charge >= 0.3 is 6.18 Å². The van der Waals surface area contributed by atoms with Crippen molar-refractivity contribution in [1.29, 1.82) is 0 Å². The summed E-state index contributed by atoms with van der Waals surface area (Å²) in [6, 6.07) is 9.68. The molecule has 0 radical (unpaired) electrons. The molecule has 31 heavy (non-hydrogen) atoms. The van der Waals surface area contributed by atoms with Gasteiger partial charge in [-0.3, -0.25) is 0 Å². The van der Waals surface area contributed by atoms with Crippen LogP contribution in [0.15, 0.2) is 61.2 Å². The van der Waals surface area contributed by atoms with Crippen molar-refractivity contribution in [3.8, 4) is 5.75 Å². The summed E-state index contributed by atoms with van der Waals surface area (Å²) in [7, 11) is 0. The average molecular weight is 473 g/mol. The smallest absolute Gasteiger partial charge is 0.416 e. The van der Waals surface area contributed by atoms with E-state index in [9.17, 15) is 13.2 Å². The number of nitrogens with zero attached hydrogens (tertiary/aromatic N) is 2. The SMILES string of the molecule is FC(F)(F)c1cccc(OC[C@@H]2CO[C@@](Cn3ccnc3)(c3ccc(Cl)cc3Cl)O2)c1. The molecule has 3 aromatic rings. The van der Waals surface area contributed by atoms with Gasteiger partial charge in [-0.2, -0.15) is 13.2 Å². The standard InChI is InChI=1S/C21H17Cl2F3N2O3/c22-15-4-5-18(19(23)9-15)20(12-28-7-6-27-13-28)30-11-17(31-20)10-29-16-3-1-2-14(8-16)21(24,25)26/h1-9,13,17H,10-12H2/t17-,20-/m1/s1. The van der Waals surface area contributed by atoms with Crippen molar-refractivity contribution in [3.63, 3.8) is 0 Å². The van der Waals surface area contributed by atoms with Crippen LogP contribution in [0.5, 0.6) is 5.75 Å². The van der Waals surface area contributed by atoms with Crippen LogP contribution < -0.4 is 4.74 Å². The summed E-state index contributed by atoms with van der Waals surface area (Å²) in [6.45, 7) is 0.416. The van der Waals surface area contributed by atoms with E-state index in [1.807, 2.05) is 0 Å². The first-order valence-corrected chi connectivity index (χ1v) is 10.0. The summed E-state index contributed by atoms with van der Waals surface area (Å²) < 4.78 is 58.3. The summed E-state index contributed by atoms with van der Waals surface area (Å²) >= 11 is 12.4. The molecule has 4 rings (SSSR count). The lowest BCUT2D eigenvalue weighted by Crippen LogP contribution is -2.34. The third-order valence-corrected chi connectivity index (χ3v) is 5.30. The van der Waals surface area contributed by atoms with Crippen molar-refractivity contribution in [2.45, 2.75) is 24.6 Å². The second-order valence-electron chi connectivity index (χ2n) is 7.00. The lowest BCUT2D eigenvalue weighted by molar-refractivity contribution is -0.189. The first-order chi connectivity index (χ1) is 14.7. The fourth-order valence-corrected chi connectivity index (χ4v) is 3.88. The molecule has 1 aromatic heterocycles. The Morgan fingerprint density at radius 3 is 2.74 bits per heavy atom. The number of benzene rings is 2. The van der Waals surface area contributed by atoms with Crippen molar-refractivity contribution in [3.05, 3.63) is 82.4 Å². The Bertz CT molecular complexity index is 1050. The van der Waals surface area contributed by atoms with E-state index in [1.54, 1.807) is 41.5 Å². The molecule has 2 heterocycles. The maximum absolute atomic E-state index is 12.9.